The van der Waals surface area contributed by atoms with Crippen molar-refractivity contribution in [3.8, 4) is 16.9 Å². The fourth-order valence-corrected chi connectivity index (χ4v) is 4.01. The fraction of sp³-hybridized carbons (Fsp3) is 0.231. The van der Waals surface area contributed by atoms with E-state index < -0.39 is 23.1 Å². The maximum atomic E-state index is 13.4. The number of nitrogens with one attached hydrogen (secondary N) is 1. The molecule has 1 aliphatic heterocycles. The number of para-hydroxylation sites is 1. The number of hydrogen-bond donors (Lipinski definition) is 2. The van der Waals surface area contributed by atoms with E-state index in [-0.39, 0.29) is 11.4 Å². The molecule has 164 valence electrons. The third-order valence-electron chi connectivity index (χ3n) is 5.64. The summed E-state index contributed by atoms with van der Waals surface area (Å²) >= 11 is 0. The Morgan fingerprint density at radius 2 is 1.72 bits per heavy atom. The van der Waals surface area contributed by atoms with Crippen molar-refractivity contribution in [2.75, 3.05) is 12.0 Å². The van der Waals surface area contributed by atoms with Crippen molar-refractivity contribution < 1.29 is 19.4 Å². The van der Waals surface area contributed by atoms with Crippen molar-refractivity contribution in [3.63, 3.8) is 0 Å². The number of hydrogen-bond acceptors (Lipinski definition) is 4. The van der Waals surface area contributed by atoms with E-state index in [4.69, 9.17) is 4.74 Å². The maximum Gasteiger partial charge on any atom is 0.294 e. The summed E-state index contributed by atoms with van der Waals surface area (Å²) in [4.78, 5) is 31.1. The zero-order chi connectivity index (χ0) is 23.0. The number of Topliss-reactive ketones (excluding diaryl/α,β-unsaturated/α-hetero) is 1. The highest BCUT2D eigenvalue weighted by molar-refractivity contribution is 6.17. The van der Waals surface area contributed by atoms with Gasteiger partial charge in [0.1, 0.15) is 5.75 Å². The molecule has 1 aromatic heterocycles. The Labute approximate surface area is 187 Å². The van der Waals surface area contributed by atoms with Gasteiger partial charge in [0.05, 0.1) is 18.7 Å². The van der Waals surface area contributed by atoms with Crippen LogP contribution in [-0.2, 0) is 9.59 Å². The smallest absolute Gasteiger partial charge is 0.294 e. The van der Waals surface area contributed by atoms with Gasteiger partial charge in [-0.2, -0.15) is 0 Å². The summed E-state index contributed by atoms with van der Waals surface area (Å²) < 4.78 is 5.54. The molecule has 0 spiro atoms. The van der Waals surface area contributed by atoms with Crippen molar-refractivity contribution in [3.05, 3.63) is 83.9 Å². The predicted molar refractivity (Wildman–Crippen MR) is 124 cm³/mol. The lowest BCUT2D eigenvalue weighted by Gasteiger charge is -2.30. The Balaban J connectivity index is 1.86. The van der Waals surface area contributed by atoms with E-state index in [1.54, 1.807) is 33.9 Å². The van der Waals surface area contributed by atoms with Crippen LogP contribution in [0.2, 0.25) is 0 Å². The third-order valence-corrected chi connectivity index (χ3v) is 5.64. The molecular weight excluding hydrogens is 404 g/mol. The van der Waals surface area contributed by atoms with Gasteiger partial charge in [0.15, 0.2) is 11.5 Å². The molecular formula is C26H26N2O4. The van der Waals surface area contributed by atoms with E-state index in [1.807, 2.05) is 60.9 Å². The number of H-pyrrole nitrogens is 1. The molecule has 3 aromatic rings. The summed E-state index contributed by atoms with van der Waals surface area (Å²) in [5.74, 6) is -0.878. The molecule has 0 aliphatic carbocycles. The van der Waals surface area contributed by atoms with E-state index >= 15 is 0 Å². The van der Waals surface area contributed by atoms with Crippen molar-refractivity contribution in [1.29, 1.82) is 0 Å². The summed E-state index contributed by atoms with van der Waals surface area (Å²) in [6.45, 7) is 5.31. The number of benzene rings is 2. The molecule has 6 heteroatoms. The lowest BCUT2D eigenvalue weighted by atomic mass is 9.82. The van der Waals surface area contributed by atoms with Crippen LogP contribution in [0.3, 0.4) is 0 Å². The number of amides is 1. The number of ketones is 1. The van der Waals surface area contributed by atoms with Crippen LogP contribution >= 0.6 is 0 Å². The highest BCUT2D eigenvalue weighted by Gasteiger charge is 2.47. The number of aliphatic hydroxyl groups is 1. The molecule has 1 amide bonds. The molecule has 1 aliphatic rings. The monoisotopic (exact) mass is 430 g/mol. The van der Waals surface area contributed by atoms with E-state index in [2.05, 4.69) is 4.98 Å². The van der Waals surface area contributed by atoms with Gasteiger partial charge in [-0.05, 0) is 35.4 Å². The molecule has 1 atom stereocenters. The van der Waals surface area contributed by atoms with E-state index in [1.165, 1.54) is 4.90 Å². The average molecular weight is 431 g/mol. The van der Waals surface area contributed by atoms with E-state index in [0.717, 1.165) is 11.1 Å². The molecule has 0 fully saturated rings. The zero-order valence-electron chi connectivity index (χ0n) is 18.5. The number of carbonyl (C=O) groups excluding carboxylic acids is 2. The van der Waals surface area contributed by atoms with Crippen molar-refractivity contribution in [2.24, 2.45) is 5.41 Å². The molecule has 2 N–H and O–H groups in total. The number of carbonyl (C=O) groups is 2. The summed E-state index contributed by atoms with van der Waals surface area (Å²) in [7, 11) is 1.54. The van der Waals surface area contributed by atoms with Crippen LogP contribution in [0.1, 0.15) is 32.4 Å². The van der Waals surface area contributed by atoms with Gasteiger partial charge in [-0.3, -0.25) is 14.5 Å². The third kappa shape index (κ3) is 3.58. The SMILES string of the molecule is COc1ccccc1C1C(C(=O)C(C)(C)C)=C(O)C(=O)N1c1ccc(-c2cc[nH]c2)cc1. The van der Waals surface area contributed by atoms with Crippen molar-refractivity contribution in [2.45, 2.75) is 26.8 Å². The van der Waals surface area contributed by atoms with Crippen LogP contribution in [0.25, 0.3) is 11.1 Å². The quantitative estimate of drug-likeness (QED) is 0.582. The first kappa shape index (κ1) is 21.4. The van der Waals surface area contributed by atoms with Gasteiger partial charge in [-0.1, -0.05) is 51.1 Å². The Bertz CT molecular complexity index is 1190. The zero-order valence-corrected chi connectivity index (χ0v) is 18.5. The highest BCUT2D eigenvalue weighted by Crippen LogP contribution is 2.46. The average Bonchev–Trinajstić information content (AvgIpc) is 3.40. The van der Waals surface area contributed by atoms with Gasteiger partial charge in [0, 0.05) is 29.1 Å². The summed E-state index contributed by atoms with van der Waals surface area (Å²) in [6, 6.07) is 15.9. The Morgan fingerprint density at radius 1 is 1.03 bits per heavy atom. The second kappa shape index (κ2) is 8.04. The van der Waals surface area contributed by atoms with Gasteiger partial charge < -0.3 is 14.8 Å². The number of aromatic nitrogens is 1. The Kier molecular flexibility index (Phi) is 5.38. The number of aromatic amines is 1. The molecule has 4 rings (SSSR count). The van der Waals surface area contributed by atoms with Crippen LogP contribution in [0, 0.1) is 5.41 Å². The topological polar surface area (TPSA) is 82.6 Å². The first-order valence-corrected chi connectivity index (χ1v) is 10.4. The van der Waals surface area contributed by atoms with Crippen LogP contribution in [-0.4, -0.2) is 28.9 Å². The van der Waals surface area contributed by atoms with Crippen LogP contribution in [0.4, 0.5) is 5.69 Å². The molecule has 6 nitrogen and oxygen atoms in total. The van der Waals surface area contributed by atoms with Gasteiger partial charge in [0.25, 0.3) is 5.91 Å². The number of methoxy groups -OCH3 is 1. The van der Waals surface area contributed by atoms with Gasteiger partial charge in [0.2, 0.25) is 0 Å². The van der Waals surface area contributed by atoms with Gasteiger partial charge in [-0.25, -0.2) is 0 Å². The molecule has 2 heterocycles. The molecule has 2 aromatic carbocycles. The summed E-state index contributed by atoms with van der Waals surface area (Å²) in [5.41, 5.74) is 2.52. The van der Waals surface area contributed by atoms with Crippen LogP contribution in [0.15, 0.2) is 78.3 Å². The Morgan fingerprint density at radius 3 is 2.31 bits per heavy atom. The second-order valence-electron chi connectivity index (χ2n) is 8.81. The molecule has 32 heavy (non-hydrogen) atoms. The number of rotatable bonds is 5. The minimum Gasteiger partial charge on any atom is -0.503 e. The standard InChI is InChI=1S/C26H26N2O4/c1-26(2,3)24(30)21-22(19-7-5-6-8-20(19)32-4)28(25(31)23(21)29)18-11-9-16(10-12-18)17-13-14-27-15-17/h5-15,22,27,29H,1-4H3. The summed E-state index contributed by atoms with van der Waals surface area (Å²) in [5, 5.41) is 10.8. The lowest BCUT2D eigenvalue weighted by molar-refractivity contribution is -0.123. The normalized spacial score (nSPS) is 16.6. The fourth-order valence-electron chi connectivity index (χ4n) is 4.01. The minimum atomic E-state index is -0.802. The molecule has 0 radical (unpaired) electrons. The first-order chi connectivity index (χ1) is 15.2. The van der Waals surface area contributed by atoms with E-state index in [0.29, 0.717) is 17.0 Å². The minimum absolute atomic E-state index is 0.0849. The molecule has 0 saturated heterocycles. The number of anilines is 1. The second-order valence-corrected chi connectivity index (χ2v) is 8.81. The maximum absolute atomic E-state index is 13.4. The number of aliphatic hydroxyl groups excluding tert-OH is 1. The van der Waals surface area contributed by atoms with Crippen molar-refractivity contribution >= 4 is 17.4 Å². The molecule has 0 bridgehead atoms. The van der Waals surface area contributed by atoms with Crippen molar-refractivity contribution in [1.82, 2.24) is 4.98 Å². The van der Waals surface area contributed by atoms with Crippen LogP contribution < -0.4 is 9.64 Å². The molecule has 1 unspecified atom stereocenters. The largest absolute Gasteiger partial charge is 0.503 e. The Hall–Kier alpha value is -3.80. The van der Waals surface area contributed by atoms with Crippen LogP contribution in [0.5, 0.6) is 5.75 Å². The highest BCUT2D eigenvalue weighted by atomic mass is 16.5. The van der Waals surface area contributed by atoms with Gasteiger partial charge >= 0.3 is 0 Å². The number of nitrogens with zero attached hydrogens (tertiary/aromatic N) is 1. The lowest BCUT2D eigenvalue weighted by Crippen LogP contribution is -2.33. The number of ether oxygens (including phenoxy) is 1. The summed E-state index contributed by atoms with van der Waals surface area (Å²) in [6.07, 6.45) is 3.73. The van der Waals surface area contributed by atoms with Gasteiger partial charge in [-0.15, -0.1) is 0 Å². The predicted octanol–water partition coefficient (Wildman–Crippen LogP) is 5.21. The molecule has 0 saturated carbocycles. The van der Waals surface area contributed by atoms with E-state index in [9.17, 15) is 14.7 Å². The first-order valence-electron chi connectivity index (χ1n) is 10.4.